The average molecular weight is 313 g/mol. The number of nitrogens with zero attached hydrogens (tertiary/aromatic N) is 2. The second-order valence-electron chi connectivity index (χ2n) is 6.53. The van der Waals surface area contributed by atoms with Crippen LogP contribution in [-0.2, 0) is 19.9 Å². The molecule has 1 aliphatic carbocycles. The van der Waals surface area contributed by atoms with E-state index in [1.165, 1.54) is 48.4 Å². The van der Waals surface area contributed by atoms with Gasteiger partial charge in [0.25, 0.3) is 5.56 Å². The van der Waals surface area contributed by atoms with E-state index in [1.807, 2.05) is 12.3 Å². The van der Waals surface area contributed by atoms with Crippen molar-refractivity contribution in [1.82, 2.24) is 14.8 Å². The number of Topliss-reactive ketones (excluding diaryl/α,β-unsaturated/α-hetero) is 1. The molecule has 0 radical (unpaired) electrons. The van der Waals surface area contributed by atoms with Gasteiger partial charge in [-0.2, -0.15) is 0 Å². The van der Waals surface area contributed by atoms with Crippen molar-refractivity contribution in [3.8, 4) is 0 Å². The highest BCUT2D eigenvalue weighted by atomic mass is 16.1. The second kappa shape index (κ2) is 6.94. The Balaban J connectivity index is 1.60. The highest BCUT2D eigenvalue weighted by Crippen LogP contribution is 2.26. The Morgan fingerprint density at radius 1 is 1.30 bits per heavy atom. The summed E-state index contributed by atoms with van der Waals surface area (Å²) in [5.74, 6) is 0.669. The Morgan fingerprint density at radius 2 is 2.09 bits per heavy atom. The molecule has 2 heterocycles. The van der Waals surface area contributed by atoms with Gasteiger partial charge in [0, 0.05) is 25.0 Å². The molecule has 1 aliphatic rings. The number of H-pyrrole nitrogens is 1. The van der Waals surface area contributed by atoms with Crippen molar-refractivity contribution in [2.45, 2.75) is 44.9 Å². The van der Waals surface area contributed by atoms with Crippen LogP contribution in [0.3, 0.4) is 0 Å². The van der Waals surface area contributed by atoms with E-state index in [2.05, 4.69) is 16.1 Å². The van der Waals surface area contributed by atoms with Crippen molar-refractivity contribution < 1.29 is 4.79 Å². The maximum Gasteiger partial charge on any atom is 0.266 e. The SMILES string of the molecule is Cn1[nH]c(C(=O)Cc2ccc(CC3CCCCC3)cn2)cc1=O. The molecule has 2 aromatic rings. The number of nitrogens with one attached hydrogen (secondary N) is 1. The Labute approximate surface area is 135 Å². The van der Waals surface area contributed by atoms with Crippen molar-refractivity contribution in [2.75, 3.05) is 0 Å². The lowest BCUT2D eigenvalue weighted by Gasteiger charge is -2.21. The summed E-state index contributed by atoms with van der Waals surface area (Å²) < 4.78 is 1.30. The minimum atomic E-state index is -0.205. The molecule has 0 amide bonds. The molecule has 122 valence electrons. The van der Waals surface area contributed by atoms with Crippen molar-refractivity contribution in [3.63, 3.8) is 0 Å². The lowest BCUT2D eigenvalue weighted by Crippen LogP contribution is -2.10. The number of aromatic amines is 1. The number of aromatic nitrogens is 3. The Morgan fingerprint density at radius 3 is 2.70 bits per heavy atom. The van der Waals surface area contributed by atoms with Crippen molar-refractivity contribution in [3.05, 3.63) is 51.7 Å². The van der Waals surface area contributed by atoms with Crippen molar-refractivity contribution >= 4 is 5.78 Å². The summed E-state index contributed by atoms with van der Waals surface area (Å²) in [5.41, 5.74) is 2.13. The van der Waals surface area contributed by atoms with Crippen LogP contribution in [0.4, 0.5) is 0 Å². The van der Waals surface area contributed by atoms with Crippen LogP contribution in [0, 0.1) is 5.92 Å². The van der Waals surface area contributed by atoms with E-state index < -0.39 is 0 Å². The minimum absolute atomic E-state index is 0.116. The number of carbonyl (C=O) groups excluding carboxylic acids is 1. The zero-order chi connectivity index (χ0) is 16.2. The van der Waals surface area contributed by atoms with E-state index in [-0.39, 0.29) is 17.8 Å². The smallest absolute Gasteiger partial charge is 0.266 e. The molecule has 0 saturated heterocycles. The molecular formula is C18H23N3O2. The summed E-state index contributed by atoms with van der Waals surface area (Å²) in [5, 5.41) is 2.76. The third-order valence-electron chi connectivity index (χ3n) is 4.66. The van der Waals surface area contributed by atoms with Gasteiger partial charge >= 0.3 is 0 Å². The molecule has 0 unspecified atom stereocenters. The Hall–Kier alpha value is -2.17. The summed E-state index contributed by atoms with van der Waals surface area (Å²) in [6, 6.07) is 5.34. The fourth-order valence-corrected chi connectivity index (χ4v) is 3.30. The van der Waals surface area contributed by atoms with E-state index in [9.17, 15) is 9.59 Å². The van der Waals surface area contributed by atoms with Gasteiger partial charge in [0.1, 0.15) is 5.69 Å². The highest BCUT2D eigenvalue weighted by molar-refractivity contribution is 5.95. The molecule has 23 heavy (non-hydrogen) atoms. The van der Waals surface area contributed by atoms with Gasteiger partial charge in [0.2, 0.25) is 0 Å². The number of pyridine rings is 1. The fraction of sp³-hybridized carbons (Fsp3) is 0.500. The first-order valence-corrected chi connectivity index (χ1v) is 8.35. The zero-order valence-electron chi connectivity index (χ0n) is 13.5. The van der Waals surface area contributed by atoms with Crippen LogP contribution in [0.25, 0.3) is 0 Å². The normalized spacial score (nSPS) is 15.7. The van der Waals surface area contributed by atoms with Crippen LogP contribution in [0.5, 0.6) is 0 Å². The summed E-state index contributed by atoms with van der Waals surface area (Å²) in [6.45, 7) is 0. The summed E-state index contributed by atoms with van der Waals surface area (Å²) >= 11 is 0. The van der Waals surface area contributed by atoms with E-state index in [0.29, 0.717) is 5.69 Å². The molecule has 0 atom stereocenters. The van der Waals surface area contributed by atoms with E-state index in [0.717, 1.165) is 18.0 Å². The van der Waals surface area contributed by atoms with Crippen LogP contribution in [0.2, 0.25) is 0 Å². The molecule has 5 nitrogen and oxygen atoms in total. The molecule has 3 rings (SSSR count). The van der Waals surface area contributed by atoms with Gasteiger partial charge in [-0.25, -0.2) is 0 Å². The molecule has 1 saturated carbocycles. The molecule has 2 aromatic heterocycles. The lowest BCUT2D eigenvalue weighted by atomic mass is 9.85. The predicted octanol–water partition coefficient (Wildman–Crippen LogP) is 2.66. The third kappa shape index (κ3) is 3.97. The van der Waals surface area contributed by atoms with Crippen LogP contribution in [0.1, 0.15) is 53.8 Å². The summed E-state index contributed by atoms with van der Waals surface area (Å²) in [7, 11) is 1.59. The maximum atomic E-state index is 12.2. The van der Waals surface area contributed by atoms with Gasteiger partial charge in [-0.15, -0.1) is 0 Å². The molecule has 1 fully saturated rings. The van der Waals surface area contributed by atoms with Crippen molar-refractivity contribution in [1.29, 1.82) is 0 Å². The molecule has 5 heteroatoms. The molecule has 0 aliphatic heterocycles. The highest BCUT2D eigenvalue weighted by Gasteiger charge is 2.15. The van der Waals surface area contributed by atoms with Crippen molar-refractivity contribution in [2.24, 2.45) is 13.0 Å². The topological polar surface area (TPSA) is 67.8 Å². The Kier molecular flexibility index (Phi) is 4.74. The Bertz CT molecular complexity index is 721. The van der Waals surface area contributed by atoms with Crippen LogP contribution < -0.4 is 5.56 Å². The van der Waals surface area contributed by atoms with Gasteiger partial charge in [0.05, 0.1) is 6.42 Å². The number of ketones is 1. The molecule has 0 aromatic carbocycles. The van der Waals surface area contributed by atoms with Crippen LogP contribution in [-0.4, -0.2) is 20.5 Å². The van der Waals surface area contributed by atoms with Gasteiger partial charge in [-0.05, 0) is 24.0 Å². The largest absolute Gasteiger partial charge is 0.292 e. The van der Waals surface area contributed by atoms with Crippen LogP contribution >= 0.6 is 0 Å². The summed E-state index contributed by atoms with van der Waals surface area (Å²) in [6.07, 6.45) is 9.91. The van der Waals surface area contributed by atoms with Gasteiger partial charge in [-0.1, -0.05) is 38.2 Å². The lowest BCUT2D eigenvalue weighted by molar-refractivity contribution is 0.0986. The van der Waals surface area contributed by atoms with E-state index >= 15 is 0 Å². The average Bonchev–Trinajstić information content (AvgIpc) is 2.90. The number of hydrogen-bond acceptors (Lipinski definition) is 3. The second-order valence-corrected chi connectivity index (χ2v) is 6.53. The standard InChI is InChI=1S/C18H23N3O2/c1-21-18(23)11-16(20-21)17(22)10-15-8-7-14(12-19-15)9-13-5-3-2-4-6-13/h7-8,11-13,20H,2-6,9-10H2,1H3. The number of hydrogen-bond donors (Lipinski definition) is 1. The third-order valence-corrected chi connectivity index (χ3v) is 4.66. The first-order chi connectivity index (χ1) is 11.1. The van der Waals surface area contributed by atoms with Gasteiger partial charge < -0.3 is 0 Å². The molecule has 0 bridgehead atoms. The molecule has 0 spiro atoms. The number of aryl methyl sites for hydroxylation is 1. The minimum Gasteiger partial charge on any atom is -0.292 e. The monoisotopic (exact) mass is 313 g/mol. The fourth-order valence-electron chi connectivity index (χ4n) is 3.30. The molecular weight excluding hydrogens is 290 g/mol. The zero-order valence-corrected chi connectivity index (χ0v) is 13.5. The number of carbonyl (C=O) groups is 1. The first-order valence-electron chi connectivity index (χ1n) is 8.35. The van der Waals surface area contributed by atoms with E-state index in [1.54, 1.807) is 7.05 Å². The van der Waals surface area contributed by atoms with Gasteiger partial charge in [-0.3, -0.25) is 24.4 Å². The predicted molar refractivity (Wildman–Crippen MR) is 88.6 cm³/mol. The van der Waals surface area contributed by atoms with E-state index in [4.69, 9.17) is 0 Å². The quantitative estimate of drug-likeness (QED) is 0.863. The number of rotatable bonds is 5. The van der Waals surface area contributed by atoms with Crippen LogP contribution in [0.15, 0.2) is 29.2 Å². The summed E-state index contributed by atoms with van der Waals surface area (Å²) in [4.78, 5) is 28.0. The molecule has 1 N–H and O–H groups in total. The van der Waals surface area contributed by atoms with Gasteiger partial charge in [0.15, 0.2) is 5.78 Å². The maximum absolute atomic E-state index is 12.2. The first kappa shape index (κ1) is 15.7.